The maximum atomic E-state index is 13.2. The zero-order valence-electron chi connectivity index (χ0n) is 28.4. The van der Waals surface area contributed by atoms with E-state index in [1.54, 1.807) is 60.7 Å². The molecule has 6 aromatic carbocycles. The van der Waals surface area contributed by atoms with E-state index in [2.05, 4.69) is 13.8 Å². The van der Waals surface area contributed by atoms with E-state index >= 15 is 0 Å². The number of phenolic OH excluding ortho intramolecular Hbond substituents is 2. The molecule has 0 saturated heterocycles. The number of ether oxygens (including phenoxy) is 2. The number of fused-ring (bicyclic) bond motifs is 2. The van der Waals surface area contributed by atoms with Crippen LogP contribution in [0.15, 0.2) is 133 Å². The molecule has 4 amide bonds. The normalized spacial score (nSPS) is 13.7. The molecule has 260 valence electrons. The van der Waals surface area contributed by atoms with E-state index in [4.69, 9.17) is 9.47 Å². The van der Waals surface area contributed by atoms with Crippen molar-refractivity contribution >= 4 is 35.0 Å². The van der Waals surface area contributed by atoms with Crippen LogP contribution in [0.5, 0.6) is 34.5 Å². The van der Waals surface area contributed by atoms with E-state index in [1.807, 2.05) is 48.5 Å². The Labute approximate surface area is 303 Å². The van der Waals surface area contributed by atoms with Gasteiger partial charge in [0.2, 0.25) is 0 Å². The quantitative estimate of drug-likeness (QED) is 0.151. The van der Waals surface area contributed by atoms with Crippen molar-refractivity contribution in [1.29, 1.82) is 0 Å². The molecule has 8 rings (SSSR count). The minimum atomic E-state index is -0.494. The molecule has 10 nitrogen and oxygen atoms in total. The van der Waals surface area contributed by atoms with E-state index in [-0.39, 0.29) is 45.1 Å². The van der Waals surface area contributed by atoms with E-state index < -0.39 is 29.0 Å². The van der Waals surface area contributed by atoms with Crippen molar-refractivity contribution < 1.29 is 38.9 Å². The summed E-state index contributed by atoms with van der Waals surface area (Å²) in [4.78, 5) is 54.4. The van der Waals surface area contributed by atoms with Crippen molar-refractivity contribution in [3.05, 3.63) is 167 Å². The fourth-order valence-corrected chi connectivity index (χ4v) is 6.62. The van der Waals surface area contributed by atoms with Crippen LogP contribution in [-0.2, 0) is 5.41 Å². The molecular formula is C43H30N2O8. The third-order valence-corrected chi connectivity index (χ3v) is 9.52. The van der Waals surface area contributed by atoms with Crippen molar-refractivity contribution in [1.82, 2.24) is 0 Å². The van der Waals surface area contributed by atoms with E-state index in [1.165, 1.54) is 24.3 Å². The van der Waals surface area contributed by atoms with Crippen LogP contribution in [0.1, 0.15) is 66.4 Å². The van der Waals surface area contributed by atoms with Crippen molar-refractivity contribution in [2.24, 2.45) is 0 Å². The average molecular weight is 703 g/mol. The molecule has 0 saturated carbocycles. The van der Waals surface area contributed by atoms with Crippen LogP contribution < -0.4 is 19.3 Å². The lowest BCUT2D eigenvalue weighted by atomic mass is 9.78. The lowest BCUT2D eigenvalue weighted by Gasteiger charge is -2.26. The molecule has 0 radical (unpaired) electrons. The number of benzene rings is 6. The zero-order valence-corrected chi connectivity index (χ0v) is 28.4. The third kappa shape index (κ3) is 5.81. The Hall–Kier alpha value is -7.20. The first-order valence-corrected chi connectivity index (χ1v) is 16.7. The molecule has 0 aromatic heterocycles. The number of nitrogens with zero attached hydrogens (tertiary/aromatic N) is 2. The van der Waals surface area contributed by atoms with Gasteiger partial charge >= 0.3 is 0 Å². The number of amides is 4. The van der Waals surface area contributed by atoms with E-state index in [0.29, 0.717) is 23.0 Å². The van der Waals surface area contributed by atoms with Gasteiger partial charge in [0.05, 0.1) is 33.6 Å². The monoisotopic (exact) mass is 702 g/mol. The van der Waals surface area contributed by atoms with Gasteiger partial charge < -0.3 is 19.7 Å². The van der Waals surface area contributed by atoms with Crippen molar-refractivity contribution in [2.45, 2.75) is 19.3 Å². The van der Waals surface area contributed by atoms with Gasteiger partial charge in [0.15, 0.2) is 0 Å². The fraction of sp³-hybridized carbons (Fsp3) is 0.0698. The second-order valence-electron chi connectivity index (χ2n) is 13.2. The van der Waals surface area contributed by atoms with Crippen LogP contribution >= 0.6 is 0 Å². The molecular weight excluding hydrogens is 672 g/mol. The fourth-order valence-electron chi connectivity index (χ4n) is 6.62. The van der Waals surface area contributed by atoms with Gasteiger partial charge in [-0.15, -0.1) is 0 Å². The van der Waals surface area contributed by atoms with Crippen LogP contribution in [0.3, 0.4) is 0 Å². The summed E-state index contributed by atoms with van der Waals surface area (Å²) in [7, 11) is 0. The predicted octanol–water partition coefficient (Wildman–Crippen LogP) is 8.61. The van der Waals surface area contributed by atoms with Gasteiger partial charge in [-0.1, -0.05) is 50.2 Å². The minimum Gasteiger partial charge on any atom is -0.508 e. The first-order valence-electron chi connectivity index (χ1n) is 16.7. The van der Waals surface area contributed by atoms with Crippen molar-refractivity contribution in [3.63, 3.8) is 0 Å². The second-order valence-corrected chi connectivity index (χ2v) is 13.2. The number of hydrogen-bond acceptors (Lipinski definition) is 8. The van der Waals surface area contributed by atoms with Gasteiger partial charge in [-0.3, -0.25) is 19.2 Å². The molecule has 10 heteroatoms. The van der Waals surface area contributed by atoms with E-state index in [0.717, 1.165) is 20.9 Å². The molecule has 2 aliphatic rings. The van der Waals surface area contributed by atoms with E-state index in [9.17, 15) is 29.4 Å². The Kier molecular flexibility index (Phi) is 7.80. The highest BCUT2D eigenvalue weighted by molar-refractivity contribution is 6.35. The number of carbonyl (C=O) groups is 4. The molecule has 53 heavy (non-hydrogen) atoms. The van der Waals surface area contributed by atoms with Gasteiger partial charge in [0.1, 0.15) is 34.5 Å². The third-order valence-electron chi connectivity index (χ3n) is 9.52. The van der Waals surface area contributed by atoms with Crippen LogP contribution in [-0.4, -0.2) is 33.8 Å². The molecule has 0 unspecified atom stereocenters. The molecule has 0 bridgehead atoms. The van der Waals surface area contributed by atoms with Crippen molar-refractivity contribution in [3.8, 4) is 34.5 Å². The van der Waals surface area contributed by atoms with Crippen LogP contribution in [0.2, 0.25) is 0 Å². The summed E-state index contributed by atoms with van der Waals surface area (Å²) in [5, 5.41) is 19.7. The van der Waals surface area contributed by atoms with Crippen LogP contribution in [0, 0.1) is 0 Å². The number of imide groups is 2. The lowest BCUT2D eigenvalue weighted by Crippen LogP contribution is -2.29. The Bertz CT molecular complexity index is 2320. The highest BCUT2D eigenvalue weighted by Gasteiger charge is 2.38. The summed E-state index contributed by atoms with van der Waals surface area (Å²) in [5.74, 6) is -0.119. The van der Waals surface area contributed by atoms with Gasteiger partial charge in [0, 0.05) is 17.5 Å². The average Bonchev–Trinajstić information content (AvgIpc) is 3.55. The summed E-state index contributed by atoms with van der Waals surface area (Å²) < 4.78 is 12.2. The predicted molar refractivity (Wildman–Crippen MR) is 197 cm³/mol. The number of carbonyl (C=O) groups excluding carboxylic acids is 4. The van der Waals surface area contributed by atoms with Crippen LogP contribution in [0.25, 0.3) is 0 Å². The second kappa shape index (κ2) is 12.5. The highest BCUT2D eigenvalue weighted by atomic mass is 16.5. The Morgan fingerprint density at radius 2 is 0.792 bits per heavy atom. The van der Waals surface area contributed by atoms with Gasteiger partial charge in [-0.05, 0) is 96.1 Å². The number of phenols is 2. The molecule has 0 fully saturated rings. The van der Waals surface area contributed by atoms with Gasteiger partial charge in [0.25, 0.3) is 23.6 Å². The molecule has 2 N–H and O–H groups in total. The number of hydrogen-bond donors (Lipinski definition) is 2. The maximum absolute atomic E-state index is 13.2. The summed E-state index contributed by atoms with van der Waals surface area (Å²) in [6.45, 7) is 4.20. The summed E-state index contributed by atoms with van der Waals surface area (Å²) in [5.41, 5.74) is 3.17. The first kappa shape index (κ1) is 33.0. The lowest BCUT2D eigenvalue weighted by molar-refractivity contribution is 0.0910. The zero-order chi connectivity index (χ0) is 37.0. The van der Waals surface area contributed by atoms with Crippen LogP contribution in [0.4, 0.5) is 11.4 Å². The molecule has 6 aromatic rings. The summed E-state index contributed by atoms with van der Waals surface area (Å²) in [6, 6.07) is 36.7. The van der Waals surface area contributed by atoms with Gasteiger partial charge in [-0.25, -0.2) is 9.80 Å². The van der Waals surface area contributed by atoms with Crippen molar-refractivity contribution in [2.75, 3.05) is 9.80 Å². The topological polar surface area (TPSA) is 134 Å². The largest absolute Gasteiger partial charge is 0.508 e. The Morgan fingerprint density at radius 1 is 0.434 bits per heavy atom. The SMILES string of the molecule is CC(C)(c1ccc(Oc2ccc3c(c2)C(=O)N(c2cccc(O)c2)C3=O)cc1)c1ccc(Oc2ccc3c(c2)C(=O)N(c2cccc(O)c2)C3=O)cc1. The van der Waals surface area contributed by atoms with Gasteiger partial charge in [-0.2, -0.15) is 0 Å². The minimum absolute atomic E-state index is 0.0487. The standard InChI is InChI=1S/C43H30N2O8/c1-43(2,25-9-13-31(14-10-25)52-33-17-19-35-37(23-33)41(50)44(39(35)48)27-5-3-7-29(46)21-27)26-11-15-32(16-12-26)53-34-18-20-36-38(24-34)42(51)45(40(36)49)28-6-4-8-30(47)22-28/h3-24,46-47H,1-2H3. The molecule has 2 heterocycles. The number of anilines is 2. The number of aromatic hydroxyl groups is 2. The summed E-state index contributed by atoms with van der Waals surface area (Å²) >= 11 is 0. The Morgan fingerprint density at radius 3 is 1.17 bits per heavy atom. The molecule has 0 aliphatic carbocycles. The maximum Gasteiger partial charge on any atom is 0.266 e. The smallest absolute Gasteiger partial charge is 0.266 e. The molecule has 0 atom stereocenters. The number of rotatable bonds is 8. The Balaban J connectivity index is 0.939. The molecule has 0 spiro atoms. The highest BCUT2D eigenvalue weighted by Crippen LogP contribution is 2.38. The first-order chi connectivity index (χ1) is 25.5. The molecule has 2 aliphatic heterocycles. The summed E-state index contributed by atoms with van der Waals surface area (Å²) in [6.07, 6.45) is 0.